The third-order valence-electron chi connectivity index (χ3n) is 7.53. The van der Waals surface area contributed by atoms with Crippen molar-refractivity contribution in [2.75, 3.05) is 20.7 Å². The quantitative estimate of drug-likeness (QED) is 0.722. The first kappa shape index (κ1) is 19.4. The number of hydrogen-bond donors (Lipinski definition) is 1. The number of carboxylic acid groups (broad SMARTS) is 1. The molecule has 0 unspecified atom stereocenters. The first-order chi connectivity index (χ1) is 14.3. The lowest BCUT2D eigenvalue weighted by Crippen LogP contribution is -2.77. The fraction of sp³-hybridized carbons (Fsp3) is 0.591. The number of aliphatic carboxylic acids is 1. The normalized spacial score (nSPS) is 33.5. The number of piperidine rings is 1. The van der Waals surface area contributed by atoms with Crippen LogP contribution in [0.3, 0.4) is 0 Å². The van der Waals surface area contributed by atoms with Crippen LogP contribution in [0.1, 0.15) is 43.2 Å². The van der Waals surface area contributed by atoms with Crippen molar-refractivity contribution in [2.45, 2.75) is 61.7 Å². The highest BCUT2D eigenvalue weighted by Gasteiger charge is 2.75. The summed E-state index contributed by atoms with van der Waals surface area (Å²) >= 11 is 0. The van der Waals surface area contributed by atoms with Crippen LogP contribution in [0.25, 0.3) is 0 Å². The van der Waals surface area contributed by atoms with E-state index in [0.717, 1.165) is 17.7 Å². The summed E-state index contributed by atoms with van der Waals surface area (Å²) in [4.78, 5) is 39.0. The summed E-state index contributed by atoms with van der Waals surface area (Å²) < 4.78 is 18.0. The molecule has 1 spiro atoms. The molecule has 2 heterocycles. The van der Waals surface area contributed by atoms with Gasteiger partial charge in [0.2, 0.25) is 0 Å². The number of likely N-dealkylation sites (tertiary alicyclic amines) is 1. The highest BCUT2D eigenvalue weighted by Crippen LogP contribution is 2.66. The van der Waals surface area contributed by atoms with Gasteiger partial charge in [0.25, 0.3) is 0 Å². The van der Waals surface area contributed by atoms with Crippen molar-refractivity contribution in [1.82, 2.24) is 4.90 Å². The summed E-state index contributed by atoms with van der Waals surface area (Å²) in [6, 6.07) is 3.78. The van der Waals surface area contributed by atoms with E-state index in [9.17, 15) is 14.4 Å². The van der Waals surface area contributed by atoms with E-state index in [-0.39, 0.29) is 31.1 Å². The van der Waals surface area contributed by atoms with Crippen LogP contribution in [0.2, 0.25) is 0 Å². The second-order valence-electron chi connectivity index (χ2n) is 8.77. The molecule has 2 fully saturated rings. The zero-order chi connectivity index (χ0) is 21.3. The second kappa shape index (κ2) is 6.44. The minimum atomic E-state index is -1.04. The molecule has 1 saturated carbocycles. The fourth-order valence-electron chi connectivity index (χ4n) is 6.33. The number of hydrogen-bond acceptors (Lipinski definition) is 7. The van der Waals surface area contributed by atoms with Crippen LogP contribution < -0.4 is 9.47 Å². The van der Waals surface area contributed by atoms with E-state index in [1.807, 2.05) is 19.2 Å². The minimum absolute atomic E-state index is 0.0154. The highest BCUT2D eigenvalue weighted by molar-refractivity contribution is 5.90. The van der Waals surface area contributed by atoms with Gasteiger partial charge in [-0.15, -0.1) is 0 Å². The van der Waals surface area contributed by atoms with E-state index in [1.54, 1.807) is 7.11 Å². The second-order valence-corrected chi connectivity index (χ2v) is 8.77. The minimum Gasteiger partial charge on any atom is -0.493 e. The average molecular weight is 415 g/mol. The number of benzene rings is 1. The van der Waals surface area contributed by atoms with E-state index in [0.29, 0.717) is 30.8 Å². The largest absolute Gasteiger partial charge is 0.493 e. The highest BCUT2D eigenvalue weighted by atomic mass is 16.6. The Hall–Kier alpha value is -2.61. The Morgan fingerprint density at radius 3 is 2.83 bits per heavy atom. The first-order valence-electron chi connectivity index (χ1n) is 10.4. The lowest BCUT2D eigenvalue weighted by atomic mass is 9.49. The molecule has 1 N–H and O–H groups in total. The average Bonchev–Trinajstić information content (AvgIpc) is 3.07. The maximum Gasteiger partial charge on any atom is 0.307 e. The summed E-state index contributed by atoms with van der Waals surface area (Å²) in [6.45, 7) is 0.752. The van der Waals surface area contributed by atoms with Crippen molar-refractivity contribution < 1.29 is 33.7 Å². The molecule has 4 aliphatic rings. The number of carboxylic acids is 1. The third-order valence-corrected chi connectivity index (χ3v) is 7.53. The molecule has 30 heavy (non-hydrogen) atoms. The van der Waals surface area contributed by atoms with Crippen molar-refractivity contribution in [3.05, 3.63) is 23.3 Å². The van der Waals surface area contributed by atoms with Gasteiger partial charge in [-0.3, -0.25) is 19.3 Å². The summed E-state index contributed by atoms with van der Waals surface area (Å²) in [5, 5.41) is 8.98. The number of carbonyl (C=O) groups excluding carboxylic acids is 2. The van der Waals surface area contributed by atoms with Gasteiger partial charge in [-0.05, 0) is 44.5 Å². The predicted molar refractivity (Wildman–Crippen MR) is 104 cm³/mol. The van der Waals surface area contributed by atoms with Gasteiger partial charge >= 0.3 is 11.9 Å². The molecule has 8 nitrogen and oxygen atoms in total. The van der Waals surface area contributed by atoms with Crippen LogP contribution in [0.15, 0.2) is 12.1 Å². The number of ether oxygens (including phenoxy) is 3. The maximum atomic E-state index is 13.0. The van der Waals surface area contributed by atoms with Crippen molar-refractivity contribution in [2.24, 2.45) is 0 Å². The topological polar surface area (TPSA) is 102 Å². The van der Waals surface area contributed by atoms with Gasteiger partial charge in [0.15, 0.2) is 23.4 Å². The first-order valence-corrected chi connectivity index (χ1v) is 10.4. The Balaban J connectivity index is 1.69. The number of ketones is 1. The van der Waals surface area contributed by atoms with Gasteiger partial charge in [0.05, 0.1) is 31.4 Å². The summed E-state index contributed by atoms with van der Waals surface area (Å²) in [7, 11) is 3.59. The zero-order valence-corrected chi connectivity index (χ0v) is 17.1. The molecule has 5 rings (SSSR count). The molecule has 1 saturated heterocycles. The third kappa shape index (κ3) is 2.28. The predicted octanol–water partition coefficient (Wildman–Crippen LogP) is 1.46. The van der Waals surface area contributed by atoms with Gasteiger partial charge in [-0.1, -0.05) is 6.07 Å². The number of nitrogens with zero attached hydrogens (tertiary/aromatic N) is 1. The summed E-state index contributed by atoms with van der Waals surface area (Å²) in [5.41, 5.74) is 0.335. The smallest absolute Gasteiger partial charge is 0.307 e. The van der Waals surface area contributed by atoms with Gasteiger partial charge in [-0.2, -0.15) is 0 Å². The van der Waals surface area contributed by atoms with E-state index in [2.05, 4.69) is 4.90 Å². The molecule has 4 atom stereocenters. The summed E-state index contributed by atoms with van der Waals surface area (Å²) in [5.74, 6) is -0.397. The lowest BCUT2D eigenvalue weighted by molar-refractivity contribution is -0.213. The number of rotatable bonds is 5. The van der Waals surface area contributed by atoms with Crippen LogP contribution in [0, 0.1) is 0 Å². The Labute approximate surface area is 174 Å². The van der Waals surface area contributed by atoms with Gasteiger partial charge in [0.1, 0.15) is 5.60 Å². The number of methoxy groups -OCH3 is 1. The van der Waals surface area contributed by atoms with Gasteiger partial charge in [-0.25, -0.2) is 0 Å². The SMILES string of the molecule is COc1ccc2c3c1O[C@H]1C(=O)CC[C@@]4(OC(=O)CCC(=O)O)[C@H](C2)N(C)CC[C@]314. The van der Waals surface area contributed by atoms with Crippen molar-refractivity contribution in [1.29, 1.82) is 0 Å². The number of esters is 1. The number of likely N-dealkylation sites (N-methyl/N-ethyl adjacent to an activating group) is 1. The van der Waals surface area contributed by atoms with Crippen LogP contribution in [-0.4, -0.2) is 66.2 Å². The van der Waals surface area contributed by atoms with Crippen molar-refractivity contribution in [3.8, 4) is 11.5 Å². The van der Waals surface area contributed by atoms with Crippen LogP contribution in [0.5, 0.6) is 11.5 Å². The van der Waals surface area contributed by atoms with E-state index in [4.69, 9.17) is 19.3 Å². The van der Waals surface area contributed by atoms with Crippen LogP contribution in [-0.2, 0) is 31.0 Å². The molecular weight excluding hydrogens is 390 g/mol. The standard InChI is InChI=1S/C22H25NO7/c1-23-10-9-21-18-12-3-4-14(28-2)19(18)29-20(21)13(24)7-8-22(21,15(23)11-12)30-17(27)6-5-16(25)26/h3-4,15,20H,5-11H2,1-2H3,(H,25,26)/t15-,20-,21-,22+/m0/s1. The molecular formula is C22H25NO7. The van der Waals surface area contributed by atoms with E-state index >= 15 is 0 Å². The lowest BCUT2D eigenvalue weighted by Gasteiger charge is -2.63. The van der Waals surface area contributed by atoms with Crippen molar-refractivity contribution in [3.63, 3.8) is 0 Å². The van der Waals surface area contributed by atoms with Gasteiger partial charge in [0, 0.05) is 12.0 Å². The molecule has 0 amide bonds. The van der Waals surface area contributed by atoms with E-state index < -0.39 is 29.1 Å². The Bertz CT molecular complexity index is 959. The van der Waals surface area contributed by atoms with Crippen LogP contribution >= 0.6 is 0 Å². The Morgan fingerprint density at radius 1 is 1.30 bits per heavy atom. The zero-order valence-electron chi connectivity index (χ0n) is 17.1. The molecule has 2 aliphatic carbocycles. The molecule has 8 heteroatoms. The molecule has 0 aromatic heterocycles. The number of carbonyl (C=O) groups is 3. The Morgan fingerprint density at radius 2 is 2.10 bits per heavy atom. The van der Waals surface area contributed by atoms with Crippen LogP contribution in [0.4, 0.5) is 0 Å². The fourth-order valence-corrected chi connectivity index (χ4v) is 6.33. The molecule has 2 bridgehead atoms. The Kier molecular flexibility index (Phi) is 4.16. The van der Waals surface area contributed by atoms with Crippen molar-refractivity contribution >= 4 is 17.7 Å². The molecule has 1 aromatic rings. The maximum absolute atomic E-state index is 13.0. The number of Topliss-reactive ketones (excluding diaryl/α,β-unsaturated/α-hetero) is 1. The molecule has 160 valence electrons. The summed E-state index contributed by atoms with van der Waals surface area (Å²) in [6.07, 6.45) is 0.763. The molecule has 2 aliphatic heterocycles. The molecule has 0 radical (unpaired) electrons. The molecule has 1 aromatic carbocycles. The van der Waals surface area contributed by atoms with Gasteiger partial charge < -0.3 is 19.3 Å². The monoisotopic (exact) mass is 415 g/mol. The van der Waals surface area contributed by atoms with E-state index in [1.165, 1.54) is 0 Å².